The van der Waals surface area contributed by atoms with Gasteiger partial charge >= 0.3 is 11.2 Å². The number of nitriles is 1. The lowest BCUT2D eigenvalue weighted by Crippen LogP contribution is -2.26. The molecule has 0 spiro atoms. The molecule has 2 aromatic carbocycles. The van der Waals surface area contributed by atoms with E-state index in [9.17, 15) is 20.2 Å². The Hall–Kier alpha value is -3.72. The second kappa shape index (κ2) is 8.53. The molecule has 1 heterocycles. The molecule has 0 fully saturated rings. The van der Waals surface area contributed by atoms with Crippen LogP contribution >= 0.6 is 0 Å². The number of nitro groups is 1. The van der Waals surface area contributed by atoms with Crippen LogP contribution in [0.2, 0.25) is 0 Å². The maximum Gasteiger partial charge on any atom is 0.337 e. The monoisotopic (exact) mass is 387 g/mol. The highest BCUT2D eigenvalue weighted by molar-refractivity contribution is 5.78. The van der Waals surface area contributed by atoms with E-state index in [4.69, 9.17) is 0 Å². The Labute approximate surface area is 168 Å². The van der Waals surface area contributed by atoms with Crippen molar-refractivity contribution >= 4 is 5.69 Å². The molecule has 0 aliphatic rings. The first kappa shape index (κ1) is 20.0. The summed E-state index contributed by atoms with van der Waals surface area (Å²) >= 11 is 0. The molecule has 1 aromatic heterocycles. The summed E-state index contributed by atoms with van der Waals surface area (Å²) in [5.74, 6) is 0. The van der Waals surface area contributed by atoms with E-state index in [0.717, 1.165) is 18.5 Å². The summed E-state index contributed by atoms with van der Waals surface area (Å²) < 4.78 is 1.43. The van der Waals surface area contributed by atoms with Crippen LogP contribution in [0.15, 0.2) is 59.4 Å². The molecule has 0 radical (unpaired) electrons. The van der Waals surface area contributed by atoms with Gasteiger partial charge in [0.15, 0.2) is 0 Å². The largest absolute Gasteiger partial charge is 0.337 e. The minimum Gasteiger partial charge on any atom is -0.275 e. The Kier molecular flexibility index (Phi) is 5.89. The minimum absolute atomic E-state index is 0.359. The molecule has 0 aliphatic carbocycles. The van der Waals surface area contributed by atoms with Gasteiger partial charge in [-0.25, -0.2) is 0 Å². The molecule has 0 N–H and O–H groups in total. The van der Waals surface area contributed by atoms with Crippen molar-refractivity contribution in [2.24, 2.45) is 0 Å². The molecule has 6 heteroatoms. The van der Waals surface area contributed by atoms with Gasteiger partial charge in [0.1, 0.15) is 0 Å². The summed E-state index contributed by atoms with van der Waals surface area (Å²) in [6.07, 6.45) is 2.41. The SMILES string of the molecule is CCCCc1cc(C)c([N+](=O)[O-])c(=O)n1-c1ccccc1-c1ccccc1C#N. The van der Waals surface area contributed by atoms with Crippen molar-refractivity contribution in [3.05, 3.63) is 91.9 Å². The van der Waals surface area contributed by atoms with Gasteiger partial charge in [0.25, 0.3) is 0 Å². The zero-order chi connectivity index (χ0) is 21.0. The lowest BCUT2D eigenvalue weighted by Gasteiger charge is -2.18. The first-order chi connectivity index (χ1) is 14.0. The first-order valence-electron chi connectivity index (χ1n) is 9.48. The molecule has 3 rings (SSSR count). The third-order valence-corrected chi connectivity index (χ3v) is 4.90. The van der Waals surface area contributed by atoms with Crippen LogP contribution in [0, 0.1) is 28.4 Å². The Balaban J connectivity index is 2.38. The number of pyridine rings is 1. The second-order valence-corrected chi connectivity index (χ2v) is 6.84. The quantitative estimate of drug-likeness (QED) is 0.443. The van der Waals surface area contributed by atoms with Crippen LogP contribution in [0.4, 0.5) is 5.69 Å². The number of hydrogen-bond donors (Lipinski definition) is 0. The summed E-state index contributed by atoms with van der Waals surface area (Å²) in [6.45, 7) is 3.65. The number of unbranched alkanes of at least 4 members (excludes halogenated alkanes) is 1. The number of para-hydroxylation sites is 1. The fourth-order valence-electron chi connectivity index (χ4n) is 3.53. The average molecular weight is 387 g/mol. The normalized spacial score (nSPS) is 10.5. The lowest BCUT2D eigenvalue weighted by molar-refractivity contribution is -0.387. The predicted octanol–water partition coefficient (Wildman–Crippen LogP) is 4.94. The predicted molar refractivity (Wildman–Crippen MR) is 112 cm³/mol. The van der Waals surface area contributed by atoms with E-state index in [0.29, 0.717) is 34.4 Å². The standard InChI is InChI=1S/C23H21N3O3/c1-3-4-10-18-14-16(2)22(26(28)29)23(27)25(18)21-13-8-7-12-20(21)19-11-6-5-9-17(19)15-24/h5-9,11-14H,3-4,10H2,1-2H3. The molecule has 29 heavy (non-hydrogen) atoms. The number of hydrogen-bond acceptors (Lipinski definition) is 4. The molecule has 0 aliphatic heterocycles. The highest BCUT2D eigenvalue weighted by Gasteiger charge is 2.24. The van der Waals surface area contributed by atoms with Crippen LogP contribution in [-0.2, 0) is 6.42 Å². The smallest absolute Gasteiger partial charge is 0.275 e. The number of nitrogens with zero attached hydrogens (tertiary/aromatic N) is 3. The van der Waals surface area contributed by atoms with Crippen LogP contribution in [0.1, 0.15) is 36.6 Å². The molecule has 6 nitrogen and oxygen atoms in total. The molecule has 0 saturated heterocycles. The highest BCUT2D eigenvalue weighted by atomic mass is 16.6. The fraction of sp³-hybridized carbons (Fsp3) is 0.217. The number of aryl methyl sites for hydroxylation is 2. The third-order valence-electron chi connectivity index (χ3n) is 4.90. The topological polar surface area (TPSA) is 88.9 Å². The van der Waals surface area contributed by atoms with Gasteiger partial charge in [-0.2, -0.15) is 5.26 Å². The van der Waals surface area contributed by atoms with Crippen molar-refractivity contribution < 1.29 is 4.92 Å². The van der Waals surface area contributed by atoms with Crippen LogP contribution in [0.5, 0.6) is 0 Å². The Bertz CT molecular complexity index is 1170. The van der Waals surface area contributed by atoms with Gasteiger partial charge < -0.3 is 0 Å². The van der Waals surface area contributed by atoms with E-state index in [-0.39, 0.29) is 0 Å². The van der Waals surface area contributed by atoms with E-state index >= 15 is 0 Å². The maximum atomic E-state index is 13.2. The molecule has 0 saturated carbocycles. The molecule has 0 bridgehead atoms. The summed E-state index contributed by atoms with van der Waals surface area (Å²) in [5, 5.41) is 21.1. The zero-order valence-electron chi connectivity index (χ0n) is 16.4. The Morgan fingerprint density at radius 3 is 2.41 bits per heavy atom. The maximum absolute atomic E-state index is 13.2. The number of rotatable bonds is 6. The lowest BCUT2D eigenvalue weighted by atomic mass is 9.98. The van der Waals surface area contributed by atoms with Crippen LogP contribution < -0.4 is 5.56 Å². The first-order valence-corrected chi connectivity index (χ1v) is 9.48. The van der Waals surface area contributed by atoms with Crippen molar-refractivity contribution in [2.75, 3.05) is 0 Å². The molecule has 0 amide bonds. The molecule has 3 aromatic rings. The van der Waals surface area contributed by atoms with E-state index in [1.807, 2.05) is 24.3 Å². The third kappa shape index (κ3) is 3.81. The van der Waals surface area contributed by atoms with Crippen LogP contribution in [-0.4, -0.2) is 9.49 Å². The number of benzene rings is 2. The van der Waals surface area contributed by atoms with E-state index in [1.54, 1.807) is 37.3 Å². The van der Waals surface area contributed by atoms with Crippen LogP contribution in [0.3, 0.4) is 0 Å². The second-order valence-electron chi connectivity index (χ2n) is 6.84. The minimum atomic E-state index is -0.650. The van der Waals surface area contributed by atoms with E-state index in [2.05, 4.69) is 13.0 Å². The van der Waals surface area contributed by atoms with Crippen molar-refractivity contribution in [1.82, 2.24) is 4.57 Å². The van der Waals surface area contributed by atoms with Crippen LogP contribution in [0.25, 0.3) is 16.8 Å². The highest BCUT2D eigenvalue weighted by Crippen LogP contribution is 2.30. The van der Waals surface area contributed by atoms with Gasteiger partial charge in [0.2, 0.25) is 0 Å². The van der Waals surface area contributed by atoms with Gasteiger partial charge in [0.05, 0.1) is 22.2 Å². The van der Waals surface area contributed by atoms with Crippen molar-refractivity contribution in [2.45, 2.75) is 33.1 Å². The van der Waals surface area contributed by atoms with Gasteiger partial charge in [0, 0.05) is 22.4 Å². The van der Waals surface area contributed by atoms with Gasteiger partial charge in [-0.15, -0.1) is 0 Å². The van der Waals surface area contributed by atoms with E-state index in [1.165, 1.54) is 4.57 Å². The Morgan fingerprint density at radius 2 is 1.76 bits per heavy atom. The molecular weight excluding hydrogens is 366 g/mol. The molecule has 146 valence electrons. The van der Waals surface area contributed by atoms with Gasteiger partial charge in [-0.3, -0.25) is 19.5 Å². The molecule has 0 atom stereocenters. The zero-order valence-corrected chi connectivity index (χ0v) is 16.4. The van der Waals surface area contributed by atoms with E-state index < -0.39 is 16.2 Å². The summed E-state index contributed by atoms with van der Waals surface area (Å²) in [7, 11) is 0. The van der Waals surface area contributed by atoms with Crippen molar-refractivity contribution in [1.29, 1.82) is 5.26 Å². The Morgan fingerprint density at radius 1 is 1.10 bits per heavy atom. The molecule has 0 unspecified atom stereocenters. The fourth-order valence-corrected chi connectivity index (χ4v) is 3.53. The summed E-state index contributed by atoms with van der Waals surface area (Å²) in [5.41, 5.74) is 2.39. The summed E-state index contributed by atoms with van der Waals surface area (Å²) in [4.78, 5) is 24.1. The van der Waals surface area contributed by atoms with Gasteiger partial charge in [-0.1, -0.05) is 49.7 Å². The summed E-state index contributed by atoms with van der Waals surface area (Å²) in [6, 6.07) is 18.2. The average Bonchev–Trinajstić information content (AvgIpc) is 2.71. The molecular formula is C23H21N3O3. The van der Waals surface area contributed by atoms with Crippen molar-refractivity contribution in [3.63, 3.8) is 0 Å². The number of aromatic nitrogens is 1. The van der Waals surface area contributed by atoms with Gasteiger partial charge in [-0.05, 0) is 38.0 Å². The van der Waals surface area contributed by atoms with Crippen molar-refractivity contribution in [3.8, 4) is 22.9 Å².